The molecule has 0 saturated carbocycles. The van der Waals surface area contributed by atoms with Crippen LogP contribution >= 0.6 is 0 Å². The van der Waals surface area contributed by atoms with E-state index in [2.05, 4.69) is 11.9 Å². The van der Waals surface area contributed by atoms with Crippen LogP contribution < -0.4 is 9.47 Å². The molecule has 112 valence electrons. The minimum atomic E-state index is -0.528. The van der Waals surface area contributed by atoms with Gasteiger partial charge in [-0.25, -0.2) is 0 Å². The number of para-hydroxylation sites is 2. The summed E-state index contributed by atoms with van der Waals surface area (Å²) in [5.74, 6) is 2.00. The smallest absolute Gasteiger partial charge is 0.169 e. The van der Waals surface area contributed by atoms with Gasteiger partial charge in [0, 0.05) is 0 Å². The Hall–Kier alpha value is -2.07. The number of benzene rings is 1. The molecule has 1 heterocycles. The van der Waals surface area contributed by atoms with Gasteiger partial charge < -0.3 is 14.6 Å². The molecule has 0 radical (unpaired) electrons. The first kappa shape index (κ1) is 15.3. The van der Waals surface area contributed by atoms with Crippen LogP contribution in [0.2, 0.25) is 0 Å². The summed E-state index contributed by atoms with van der Waals surface area (Å²) in [5, 5.41) is 9.73. The lowest BCUT2D eigenvalue weighted by Crippen LogP contribution is -1.99. The molecule has 0 aliphatic heterocycles. The Morgan fingerprint density at radius 3 is 2.48 bits per heavy atom. The van der Waals surface area contributed by atoms with Gasteiger partial charge in [-0.2, -0.15) is 0 Å². The highest BCUT2D eigenvalue weighted by molar-refractivity contribution is 5.42. The third-order valence-corrected chi connectivity index (χ3v) is 3.03. The standard InChI is InChI=1S/C17H21NO3/c1-3-11-20-16-7-5-6-8-17(16)21-13-9-10-14(18-12-13)15(19)4-2/h5-10,12,15,19H,3-4,11H2,1-2H3. The lowest BCUT2D eigenvalue weighted by molar-refractivity contribution is 0.169. The molecular formula is C17H21NO3. The van der Waals surface area contributed by atoms with Crippen LogP contribution in [0.4, 0.5) is 0 Å². The quantitative estimate of drug-likeness (QED) is 0.832. The first-order valence-corrected chi connectivity index (χ1v) is 7.28. The van der Waals surface area contributed by atoms with Crippen LogP contribution in [0.15, 0.2) is 42.6 Å². The Labute approximate surface area is 125 Å². The lowest BCUT2D eigenvalue weighted by atomic mass is 10.2. The first-order chi connectivity index (χ1) is 10.2. The van der Waals surface area contributed by atoms with Gasteiger partial charge in [-0.1, -0.05) is 26.0 Å². The van der Waals surface area contributed by atoms with Gasteiger partial charge >= 0.3 is 0 Å². The van der Waals surface area contributed by atoms with Crippen LogP contribution in [-0.2, 0) is 0 Å². The molecule has 21 heavy (non-hydrogen) atoms. The number of nitrogens with zero attached hydrogens (tertiary/aromatic N) is 1. The zero-order chi connectivity index (χ0) is 15.1. The molecule has 1 atom stereocenters. The van der Waals surface area contributed by atoms with Gasteiger partial charge in [0.15, 0.2) is 11.5 Å². The van der Waals surface area contributed by atoms with E-state index in [-0.39, 0.29) is 0 Å². The van der Waals surface area contributed by atoms with Crippen molar-refractivity contribution in [1.82, 2.24) is 4.98 Å². The third kappa shape index (κ3) is 4.20. The largest absolute Gasteiger partial charge is 0.490 e. The summed E-state index contributed by atoms with van der Waals surface area (Å²) in [7, 11) is 0. The molecule has 2 aromatic rings. The van der Waals surface area contributed by atoms with E-state index in [4.69, 9.17) is 9.47 Å². The van der Waals surface area contributed by atoms with Crippen molar-refractivity contribution in [3.05, 3.63) is 48.3 Å². The van der Waals surface area contributed by atoms with Crippen LogP contribution in [0.5, 0.6) is 17.2 Å². The number of aliphatic hydroxyl groups excluding tert-OH is 1. The van der Waals surface area contributed by atoms with Crippen molar-refractivity contribution in [3.63, 3.8) is 0 Å². The molecule has 0 saturated heterocycles. The summed E-state index contributed by atoms with van der Waals surface area (Å²) >= 11 is 0. The van der Waals surface area contributed by atoms with Gasteiger partial charge in [0.1, 0.15) is 5.75 Å². The van der Waals surface area contributed by atoms with E-state index in [0.717, 1.165) is 12.2 Å². The normalized spacial score (nSPS) is 12.0. The summed E-state index contributed by atoms with van der Waals surface area (Å²) in [6, 6.07) is 11.1. The predicted molar refractivity (Wildman–Crippen MR) is 81.8 cm³/mol. The molecule has 1 aromatic heterocycles. The Morgan fingerprint density at radius 2 is 1.86 bits per heavy atom. The number of aromatic nitrogens is 1. The van der Waals surface area contributed by atoms with Gasteiger partial charge in [-0.15, -0.1) is 0 Å². The van der Waals surface area contributed by atoms with Crippen molar-refractivity contribution in [1.29, 1.82) is 0 Å². The van der Waals surface area contributed by atoms with Gasteiger partial charge in [0.05, 0.1) is 24.6 Å². The third-order valence-electron chi connectivity index (χ3n) is 3.03. The van der Waals surface area contributed by atoms with Crippen molar-refractivity contribution in [3.8, 4) is 17.2 Å². The average Bonchev–Trinajstić information content (AvgIpc) is 2.54. The summed E-state index contributed by atoms with van der Waals surface area (Å²) in [4.78, 5) is 4.22. The van der Waals surface area contributed by atoms with Gasteiger partial charge in [-0.05, 0) is 37.1 Å². The van der Waals surface area contributed by atoms with E-state index in [0.29, 0.717) is 30.2 Å². The van der Waals surface area contributed by atoms with Crippen molar-refractivity contribution < 1.29 is 14.6 Å². The highest BCUT2D eigenvalue weighted by Gasteiger charge is 2.08. The number of aliphatic hydroxyl groups is 1. The summed E-state index contributed by atoms with van der Waals surface area (Å²) in [5.41, 5.74) is 0.653. The molecule has 0 aliphatic rings. The zero-order valence-corrected chi connectivity index (χ0v) is 12.5. The SMILES string of the molecule is CCCOc1ccccc1Oc1ccc(C(O)CC)nc1. The molecule has 4 heteroatoms. The van der Waals surface area contributed by atoms with Crippen LogP contribution in [0.1, 0.15) is 38.5 Å². The van der Waals surface area contributed by atoms with Crippen molar-refractivity contribution in [2.24, 2.45) is 0 Å². The zero-order valence-electron chi connectivity index (χ0n) is 12.5. The number of hydrogen-bond acceptors (Lipinski definition) is 4. The summed E-state index contributed by atoms with van der Waals surface area (Å²) in [6.45, 7) is 4.63. The molecular weight excluding hydrogens is 266 g/mol. The second-order valence-electron chi connectivity index (χ2n) is 4.74. The fraction of sp³-hybridized carbons (Fsp3) is 0.353. The number of hydrogen-bond donors (Lipinski definition) is 1. The highest BCUT2D eigenvalue weighted by atomic mass is 16.5. The molecule has 2 rings (SSSR count). The van der Waals surface area contributed by atoms with E-state index in [1.165, 1.54) is 0 Å². The minimum absolute atomic E-state index is 0.528. The predicted octanol–water partition coefficient (Wildman–Crippen LogP) is 4.11. The fourth-order valence-electron chi connectivity index (χ4n) is 1.85. The van der Waals surface area contributed by atoms with Crippen LogP contribution in [-0.4, -0.2) is 16.7 Å². The van der Waals surface area contributed by atoms with Crippen molar-refractivity contribution in [2.75, 3.05) is 6.61 Å². The number of rotatable bonds is 7. The molecule has 0 fully saturated rings. The Kier molecular flexibility index (Phi) is 5.58. The second-order valence-corrected chi connectivity index (χ2v) is 4.74. The van der Waals surface area contributed by atoms with E-state index in [9.17, 15) is 5.11 Å². The average molecular weight is 287 g/mol. The van der Waals surface area contributed by atoms with E-state index >= 15 is 0 Å². The van der Waals surface area contributed by atoms with Crippen LogP contribution in [0.3, 0.4) is 0 Å². The summed E-state index contributed by atoms with van der Waals surface area (Å²) in [6.07, 6.45) is 2.67. The maximum atomic E-state index is 9.73. The molecule has 1 unspecified atom stereocenters. The molecule has 1 N–H and O–H groups in total. The Bertz CT molecular complexity index is 554. The topological polar surface area (TPSA) is 51.6 Å². The molecule has 0 spiro atoms. The number of ether oxygens (including phenoxy) is 2. The first-order valence-electron chi connectivity index (χ1n) is 7.28. The van der Waals surface area contributed by atoms with E-state index < -0.39 is 6.10 Å². The van der Waals surface area contributed by atoms with Gasteiger partial charge in [0.2, 0.25) is 0 Å². The van der Waals surface area contributed by atoms with Crippen molar-refractivity contribution >= 4 is 0 Å². The van der Waals surface area contributed by atoms with Gasteiger partial charge in [0.25, 0.3) is 0 Å². The Morgan fingerprint density at radius 1 is 1.10 bits per heavy atom. The van der Waals surface area contributed by atoms with E-state index in [1.807, 2.05) is 31.2 Å². The van der Waals surface area contributed by atoms with Crippen molar-refractivity contribution in [2.45, 2.75) is 32.8 Å². The molecule has 0 bridgehead atoms. The Balaban J connectivity index is 2.11. The second kappa shape index (κ2) is 7.64. The summed E-state index contributed by atoms with van der Waals surface area (Å²) < 4.78 is 11.5. The minimum Gasteiger partial charge on any atom is -0.490 e. The van der Waals surface area contributed by atoms with Crippen LogP contribution in [0.25, 0.3) is 0 Å². The molecule has 1 aromatic carbocycles. The molecule has 0 aliphatic carbocycles. The molecule has 4 nitrogen and oxygen atoms in total. The number of pyridine rings is 1. The van der Waals surface area contributed by atoms with Gasteiger partial charge in [-0.3, -0.25) is 4.98 Å². The fourth-order valence-corrected chi connectivity index (χ4v) is 1.85. The van der Waals surface area contributed by atoms with Crippen LogP contribution in [0, 0.1) is 0 Å². The monoisotopic (exact) mass is 287 g/mol. The maximum Gasteiger partial charge on any atom is 0.169 e. The lowest BCUT2D eigenvalue weighted by Gasteiger charge is -2.12. The highest BCUT2D eigenvalue weighted by Crippen LogP contribution is 2.31. The van der Waals surface area contributed by atoms with E-state index in [1.54, 1.807) is 18.3 Å². The maximum absolute atomic E-state index is 9.73. The molecule has 0 amide bonds.